The molecule has 286 valence electrons. The maximum absolute atomic E-state index is 14.6. The Morgan fingerprint density at radius 1 is 1.07 bits per heavy atom. The smallest absolute Gasteiger partial charge is 0.407 e. The maximum Gasteiger partial charge on any atom is 0.407 e. The summed E-state index contributed by atoms with van der Waals surface area (Å²) in [6.45, 7) is 3.93. The standard InChI is InChI=1S/C38H44N6O9S/c1-2-32(45)43-17-6-5-9-26-22-38(26,36(48)42-54(50,51)28-12-13-28)41-33(46)31-21-27-23-44(31)35(47)30(15-18-43)40-37(49)52-19-7-3-4-8-24-10-11-25-14-16-39-34(53-27)29(25)20-24/h2,4-5,8-11,14,16,20,26-28,30-31H,1,3,6-7,12-13,15,17-19,21-23H2,(H,40,49)(H,41,46)(H,42,48). The molecule has 3 fully saturated rings. The van der Waals surface area contributed by atoms with Gasteiger partial charge >= 0.3 is 6.09 Å². The van der Waals surface area contributed by atoms with Gasteiger partial charge in [0.15, 0.2) is 0 Å². The Morgan fingerprint density at radius 3 is 2.70 bits per heavy atom. The summed E-state index contributed by atoms with van der Waals surface area (Å²) in [7, 11) is -3.94. The van der Waals surface area contributed by atoms with E-state index in [1.165, 1.54) is 15.9 Å². The molecular formula is C38H44N6O9S. The Kier molecular flexibility index (Phi) is 10.5. The number of amides is 5. The molecule has 3 N–H and O–H groups in total. The topological polar surface area (TPSA) is 193 Å². The van der Waals surface area contributed by atoms with Crippen molar-refractivity contribution in [3.05, 3.63) is 66.9 Å². The van der Waals surface area contributed by atoms with Gasteiger partial charge < -0.3 is 29.9 Å². The van der Waals surface area contributed by atoms with Gasteiger partial charge in [-0.3, -0.25) is 23.9 Å². The summed E-state index contributed by atoms with van der Waals surface area (Å²) in [5.74, 6) is -2.74. The highest BCUT2D eigenvalue weighted by atomic mass is 32.2. The molecule has 16 heteroatoms. The number of nitrogens with zero attached hydrogens (tertiary/aromatic N) is 3. The van der Waals surface area contributed by atoms with Crippen molar-refractivity contribution in [3.63, 3.8) is 0 Å². The van der Waals surface area contributed by atoms with Crippen LogP contribution in [0.25, 0.3) is 16.8 Å². The Hall–Kier alpha value is -5.25. The number of ether oxygens (including phenoxy) is 2. The van der Waals surface area contributed by atoms with Crippen LogP contribution in [0.15, 0.2) is 61.3 Å². The summed E-state index contributed by atoms with van der Waals surface area (Å²) in [4.78, 5) is 76.0. The number of sulfonamides is 1. The van der Waals surface area contributed by atoms with E-state index in [9.17, 15) is 32.4 Å². The van der Waals surface area contributed by atoms with E-state index in [2.05, 4.69) is 26.9 Å². The van der Waals surface area contributed by atoms with Gasteiger partial charge in [-0.1, -0.05) is 43.0 Å². The van der Waals surface area contributed by atoms with E-state index in [1.54, 1.807) is 18.3 Å². The number of hydrogen-bond acceptors (Lipinski definition) is 10. The largest absolute Gasteiger partial charge is 0.472 e. The summed E-state index contributed by atoms with van der Waals surface area (Å²) in [5, 5.41) is 6.46. The van der Waals surface area contributed by atoms with Crippen molar-refractivity contribution in [2.45, 2.75) is 80.3 Å². The predicted molar refractivity (Wildman–Crippen MR) is 197 cm³/mol. The number of cyclic esters (lactones) is 1. The van der Waals surface area contributed by atoms with Gasteiger partial charge in [-0.25, -0.2) is 18.2 Å². The molecule has 5 bridgehead atoms. The lowest BCUT2D eigenvalue weighted by Gasteiger charge is -2.30. The number of nitrogens with one attached hydrogen (secondary N) is 3. The van der Waals surface area contributed by atoms with Gasteiger partial charge in [0.1, 0.15) is 23.7 Å². The fraction of sp³-hybridized carbons (Fsp3) is 0.474. The van der Waals surface area contributed by atoms with E-state index in [0.717, 1.165) is 16.3 Å². The zero-order valence-electron chi connectivity index (χ0n) is 29.8. The van der Waals surface area contributed by atoms with Crippen molar-refractivity contribution in [2.75, 3.05) is 26.2 Å². The highest BCUT2D eigenvalue weighted by Gasteiger charge is 2.62. The lowest BCUT2D eigenvalue weighted by molar-refractivity contribution is -0.141. The first-order valence-corrected chi connectivity index (χ1v) is 19.9. The summed E-state index contributed by atoms with van der Waals surface area (Å²) in [5.41, 5.74) is -0.685. The van der Waals surface area contributed by atoms with Gasteiger partial charge in [-0.2, -0.15) is 0 Å². The molecule has 1 saturated heterocycles. The van der Waals surface area contributed by atoms with Crippen LogP contribution in [0.3, 0.4) is 0 Å². The first-order valence-electron chi connectivity index (χ1n) is 18.4. The average Bonchev–Trinajstić information content (AvgIpc) is 4.08. The van der Waals surface area contributed by atoms with Crippen LogP contribution >= 0.6 is 0 Å². The lowest BCUT2D eigenvalue weighted by Crippen LogP contribution is -2.58. The molecule has 2 aliphatic carbocycles. The SMILES string of the molecule is C=CC(=O)N1CCC=CC2CC2(C(=O)NS(=O)(=O)C2CC2)NC(=O)C2CC3CN2C(=O)C(CC1)NC(=O)OCCCC=Cc1ccc2ccnc(c2c1)O3. The van der Waals surface area contributed by atoms with Crippen LogP contribution in [0.1, 0.15) is 56.9 Å². The van der Waals surface area contributed by atoms with Crippen LogP contribution in [-0.4, -0.2) is 108 Å². The molecule has 2 aromatic rings. The molecule has 4 heterocycles. The molecule has 5 amide bonds. The van der Waals surface area contributed by atoms with Crippen molar-refractivity contribution in [3.8, 4) is 5.88 Å². The van der Waals surface area contributed by atoms with Crippen molar-refractivity contribution >= 4 is 56.6 Å². The van der Waals surface area contributed by atoms with E-state index >= 15 is 0 Å². The van der Waals surface area contributed by atoms with Gasteiger partial charge in [0, 0.05) is 37.0 Å². The highest BCUT2D eigenvalue weighted by Crippen LogP contribution is 2.46. The normalized spacial score (nSPS) is 28.0. The zero-order chi connectivity index (χ0) is 38.0. The van der Waals surface area contributed by atoms with Crippen molar-refractivity contribution in [1.29, 1.82) is 0 Å². The molecule has 5 aliphatic rings. The number of fused-ring (bicyclic) bond motifs is 4. The van der Waals surface area contributed by atoms with Gasteiger partial charge in [-0.15, -0.1) is 0 Å². The van der Waals surface area contributed by atoms with Crippen LogP contribution in [0.4, 0.5) is 4.79 Å². The quantitative estimate of drug-likeness (QED) is 0.308. The van der Waals surface area contributed by atoms with Crippen molar-refractivity contribution < 1.29 is 41.9 Å². The number of hydrogen-bond donors (Lipinski definition) is 3. The van der Waals surface area contributed by atoms with Crippen LogP contribution < -0.4 is 20.1 Å². The summed E-state index contributed by atoms with van der Waals surface area (Å²) < 4.78 is 39.8. The third-order valence-electron chi connectivity index (χ3n) is 10.6. The number of alkyl carbamates (subject to hydrolysis) is 1. The second kappa shape index (κ2) is 15.2. The van der Waals surface area contributed by atoms with E-state index in [1.807, 2.05) is 36.4 Å². The second-order valence-corrected chi connectivity index (χ2v) is 16.4. The highest BCUT2D eigenvalue weighted by molar-refractivity contribution is 7.91. The van der Waals surface area contributed by atoms with E-state index in [-0.39, 0.29) is 51.4 Å². The maximum atomic E-state index is 14.6. The Bertz CT molecular complexity index is 2030. The Labute approximate surface area is 313 Å². The minimum absolute atomic E-state index is 0.00201. The van der Waals surface area contributed by atoms with Gasteiger partial charge in [0.25, 0.3) is 5.91 Å². The summed E-state index contributed by atoms with van der Waals surface area (Å²) >= 11 is 0. The monoisotopic (exact) mass is 760 g/mol. The predicted octanol–water partition coefficient (Wildman–Crippen LogP) is 2.33. The first kappa shape index (κ1) is 37.1. The molecule has 1 aromatic carbocycles. The number of aromatic nitrogens is 1. The second-order valence-electron chi connectivity index (χ2n) is 14.4. The fourth-order valence-corrected chi connectivity index (χ4v) is 8.68. The third kappa shape index (κ3) is 7.98. The van der Waals surface area contributed by atoms with E-state index < -0.39 is 68.7 Å². The molecule has 7 rings (SSSR count). The van der Waals surface area contributed by atoms with Gasteiger partial charge in [-0.05, 0) is 74.1 Å². The molecular weight excluding hydrogens is 717 g/mol. The number of allylic oxidation sites excluding steroid dienone is 1. The number of rotatable bonds is 4. The van der Waals surface area contributed by atoms with Crippen LogP contribution in [0, 0.1) is 5.92 Å². The lowest BCUT2D eigenvalue weighted by atomic mass is 10.1. The molecule has 5 atom stereocenters. The van der Waals surface area contributed by atoms with Gasteiger partial charge in [0.05, 0.1) is 18.4 Å². The zero-order valence-corrected chi connectivity index (χ0v) is 30.6. The van der Waals surface area contributed by atoms with Crippen LogP contribution in [0.2, 0.25) is 0 Å². The molecule has 5 unspecified atom stereocenters. The van der Waals surface area contributed by atoms with Crippen molar-refractivity contribution in [1.82, 2.24) is 30.1 Å². The minimum Gasteiger partial charge on any atom is -0.472 e. The summed E-state index contributed by atoms with van der Waals surface area (Å²) in [6, 6.07) is 5.33. The third-order valence-corrected chi connectivity index (χ3v) is 12.4. The molecule has 0 spiro atoms. The van der Waals surface area contributed by atoms with Gasteiger partial charge in [0.2, 0.25) is 33.6 Å². The van der Waals surface area contributed by atoms with Crippen LogP contribution in [0.5, 0.6) is 5.88 Å². The fourth-order valence-electron chi connectivity index (χ4n) is 7.32. The van der Waals surface area contributed by atoms with Crippen molar-refractivity contribution in [2.24, 2.45) is 5.92 Å². The van der Waals surface area contributed by atoms with Crippen LogP contribution in [-0.2, 0) is 33.9 Å². The molecule has 15 nitrogen and oxygen atoms in total. The molecule has 2 saturated carbocycles. The number of benzene rings is 1. The molecule has 0 radical (unpaired) electrons. The first-order chi connectivity index (χ1) is 26.0. The minimum atomic E-state index is -3.94. The Balaban J connectivity index is 1.26. The molecule has 1 aromatic heterocycles. The molecule has 3 aliphatic heterocycles. The number of carbonyl (C=O) groups is 5. The van der Waals surface area contributed by atoms with E-state index in [4.69, 9.17) is 9.47 Å². The summed E-state index contributed by atoms with van der Waals surface area (Å²) in [6.07, 6.45) is 11.2. The number of pyridine rings is 1. The number of carbonyl (C=O) groups excluding carboxylic acids is 5. The molecule has 54 heavy (non-hydrogen) atoms. The Morgan fingerprint density at radius 2 is 1.91 bits per heavy atom. The van der Waals surface area contributed by atoms with E-state index in [0.29, 0.717) is 38.0 Å². The average molecular weight is 761 g/mol.